The number of amides is 1. The summed E-state index contributed by atoms with van der Waals surface area (Å²) < 4.78 is 68.8. The van der Waals surface area contributed by atoms with Crippen LogP contribution in [-0.2, 0) is 22.6 Å². The lowest BCUT2D eigenvalue weighted by molar-refractivity contribution is -0.233. The second kappa shape index (κ2) is 13.2. The van der Waals surface area contributed by atoms with Gasteiger partial charge in [0.15, 0.2) is 0 Å². The summed E-state index contributed by atoms with van der Waals surface area (Å²) in [5, 5.41) is 15.7. The topological polar surface area (TPSA) is 85.8 Å². The van der Waals surface area contributed by atoms with Gasteiger partial charge in [0.25, 0.3) is 6.43 Å². The van der Waals surface area contributed by atoms with Crippen LogP contribution >= 0.6 is 0 Å². The maximum atomic E-state index is 14.4. The van der Waals surface area contributed by atoms with E-state index in [0.29, 0.717) is 10.9 Å². The van der Waals surface area contributed by atoms with Gasteiger partial charge in [-0.15, -0.1) is 0 Å². The molecule has 0 bridgehead atoms. The van der Waals surface area contributed by atoms with Crippen molar-refractivity contribution in [1.29, 1.82) is 0 Å². The quantitative estimate of drug-likeness (QED) is 0.196. The van der Waals surface area contributed by atoms with Crippen LogP contribution in [0.5, 0.6) is 0 Å². The standard InChI is InChI=1S/C35H35F5N4O3/c36-30(37)21-44-16-12-34(13-17-44,35(38,39)40)33(47)42-29(32(45)46)18-22-6-3-10-26-24(22)9-4-11-28(26)31-27-8-2-1-7-25(27)23(19-41-31)20-43-14-5-15-43/h1-4,6-11,19,29-30H,5,12-18,20-21H2,(H,42,47)(H,45,46)/t29-/m0/s1. The van der Waals surface area contributed by atoms with Crippen LogP contribution in [0.25, 0.3) is 32.8 Å². The molecule has 248 valence electrons. The van der Waals surface area contributed by atoms with Gasteiger partial charge in [-0.2, -0.15) is 13.2 Å². The molecule has 6 rings (SSSR count). The van der Waals surface area contributed by atoms with Crippen molar-refractivity contribution in [1.82, 2.24) is 20.1 Å². The summed E-state index contributed by atoms with van der Waals surface area (Å²) in [6, 6.07) is 17.3. The molecule has 0 radical (unpaired) electrons. The molecular formula is C35H35F5N4O3. The van der Waals surface area contributed by atoms with E-state index in [4.69, 9.17) is 4.98 Å². The van der Waals surface area contributed by atoms with Crippen molar-refractivity contribution in [2.75, 3.05) is 32.7 Å². The number of nitrogens with one attached hydrogen (secondary N) is 1. The van der Waals surface area contributed by atoms with Gasteiger partial charge in [0.05, 0.1) is 12.2 Å². The number of hydrogen-bond donors (Lipinski definition) is 2. The number of carboxylic acid groups (broad SMARTS) is 1. The first-order chi connectivity index (χ1) is 22.5. The Hall–Kier alpha value is -4.16. The minimum absolute atomic E-state index is 0.268. The first-order valence-electron chi connectivity index (χ1n) is 15.7. The van der Waals surface area contributed by atoms with E-state index in [1.807, 2.05) is 48.7 Å². The van der Waals surface area contributed by atoms with Crippen molar-refractivity contribution in [3.8, 4) is 11.3 Å². The Labute approximate surface area is 268 Å². The molecule has 2 saturated heterocycles. The van der Waals surface area contributed by atoms with Crippen molar-refractivity contribution >= 4 is 33.4 Å². The van der Waals surface area contributed by atoms with E-state index in [1.54, 1.807) is 12.1 Å². The van der Waals surface area contributed by atoms with Gasteiger partial charge >= 0.3 is 12.1 Å². The Bertz CT molecular complexity index is 1780. The number of piperidine rings is 1. The molecule has 0 spiro atoms. The molecule has 2 aliphatic heterocycles. The fourth-order valence-electron chi connectivity index (χ4n) is 6.80. The van der Waals surface area contributed by atoms with Gasteiger partial charge < -0.3 is 10.4 Å². The zero-order valence-electron chi connectivity index (χ0n) is 25.6. The fourth-order valence-corrected chi connectivity index (χ4v) is 6.80. The zero-order chi connectivity index (χ0) is 33.3. The summed E-state index contributed by atoms with van der Waals surface area (Å²) >= 11 is 0. The Balaban J connectivity index is 1.29. The summed E-state index contributed by atoms with van der Waals surface area (Å²) in [4.78, 5) is 34.0. The van der Waals surface area contributed by atoms with Crippen molar-refractivity contribution in [3.05, 3.63) is 78.0 Å². The van der Waals surface area contributed by atoms with E-state index in [1.165, 1.54) is 11.3 Å². The largest absolute Gasteiger partial charge is 0.480 e. The van der Waals surface area contributed by atoms with Crippen LogP contribution in [0.1, 0.15) is 30.4 Å². The minimum atomic E-state index is -4.99. The third-order valence-electron chi connectivity index (χ3n) is 9.60. The van der Waals surface area contributed by atoms with Gasteiger partial charge in [-0.3, -0.25) is 19.6 Å². The second-order valence-electron chi connectivity index (χ2n) is 12.5. The Kier molecular flexibility index (Phi) is 9.17. The average Bonchev–Trinajstić information content (AvgIpc) is 3.01. The maximum Gasteiger partial charge on any atom is 0.403 e. The molecule has 4 aromatic rings. The van der Waals surface area contributed by atoms with Crippen LogP contribution in [0.4, 0.5) is 22.0 Å². The molecule has 1 atom stereocenters. The fraction of sp³-hybridized carbons (Fsp3) is 0.400. The number of benzene rings is 3. The summed E-state index contributed by atoms with van der Waals surface area (Å²) in [6.45, 7) is 1.50. The number of fused-ring (bicyclic) bond motifs is 2. The van der Waals surface area contributed by atoms with Crippen LogP contribution < -0.4 is 5.32 Å². The number of rotatable bonds is 10. The SMILES string of the molecule is O=C(O)[C@H](Cc1cccc2c(-c3ncc(CN4CCC4)c4ccccc34)cccc12)NC(=O)C1(C(F)(F)F)CCN(CC(F)F)CC1. The van der Waals surface area contributed by atoms with Crippen LogP contribution in [-0.4, -0.2) is 83.1 Å². The van der Waals surface area contributed by atoms with E-state index < -0.39 is 55.3 Å². The number of aromatic nitrogens is 1. The van der Waals surface area contributed by atoms with Gasteiger partial charge in [0, 0.05) is 30.1 Å². The lowest BCUT2D eigenvalue weighted by Crippen LogP contribution is -2.59. The van der Waals surface area contributed by atoms with E-state index >= 15 is 0 Å². The number of alkyl halides is 5. The number of nitrogens with zero attached hydrogens (tertiary/aromatic N) is 3. The van der Waals surface area contributed by atoms with Gasteiger partial charge in [-0.25, -0.2) is 13.6 Å². The highest BCUT2D eigenvalue weighted by Crippen LogP contribution is 2.47. The first-order valence-corrected chi connectivity index (χ1v) is 15.7. The van der Waals surface area contributed by atoms with Gasteiger partial charge in [-0.05, 0) is 72.7 Å². The van der Waals surface area contributed by atoms with E-state index in [0.717, 1.165) is 52.6 Å². The van der Waals surface area contributed by atoms with E-state index in [2.05, 4.69) is 16.3 Å². The van der Waals surface area contributed by atoms with Crippen molar-refractivity contribution in [2.45, 2.75) is 50.9 Å². The highest BCUT2D eigenvalue weighted by Gasteiger charge is 2.61. The molecule has 3 aromatic carbocycles. The molecule has 0 aliphatic carbocycles. The van der Waals surface area contributed by atoms with Crippen LogP contribution in [0.15, 0.2) is 66.9 Å². The number of halogens is 5. The predicted octanol–water partition coefficient (Wildman–Crippen LogP) is 6.28. The third-order valence-corrected chi connectivity index (χ3v) is 9.60. The number of pyridine rings is 1. The monoisotopic (exact) mass is 654 g/mol. The molecule has 1 amide bonds. The number of likely N-dealkylation sites (tertiary alicyclic amines) is 2. The van der Waals surface area contributed by atoms with Gasteiger partial charge in [0.2, 0.25) is 5.91 Å². The molecule has 7 nitrogen and oxygen atoms in total. The zero-order valence-corrected chi connectivity index (χ0v) is 25.6. The molecule has 0 saturated carbocycles. The third kappa shape index (κ3) is 6.53. The number of carboxylic acids is 1. The average molecular weight is 655 g/mol. The molecule has 12 heteroatoms. The van der Waals surface area contributed by atoms with E-state index in [9.17, 15) is 36.6 Å². The van der Waals surface area contributed by atoms with Gasteiger partial charge in [0.1, 0.15) is 11.5 Å². The Morgan fingerprint density at radius 1 is 0.851 bits per heavy atom. The van der Waals surface area contributed by atoms with Crippen molar-refractivity contribution in [3.63, 3.8) is 0 Å². The highest BCUT2D eigenvalue weighted by molar-refractivity contribution is 6.05. The summed E-state index contributed by atoms with van der Waals surface area (Å²) in [5.41, 5.74) is 0.354. The second-order valence-corrected chi connectivity index (χ2v) is 12.5. The molecule has 2 aliphatic rings. The van der Waals surface area contributed by atoms with Crippen LogP contribution in [0.3, 0.4) is 0 Å². The minimum Gasteiger partial charge on any atom is -0.480 e. The normalized spacial score (nSPS) is 17.9. The lowest BCUT2D eigenvalue weighted by Gasteiger charge is -2.41. The maximum absolute atomic E-state index is 14.4. The van der Waals surface area contributed by atoms with E-state index in [-0.39, 0.29) is 19.5 Å². The Morgan fingerprint density at radius 3 is 2.13 bits per heavy atom. The summed E-state index contributed by atoms with van der Waals surface area (Å²) in [7, 11) is 0. The molecule has 47 heavy (non-hydrogen) atoms. The number of carbonyl (C=O) groups is 2. The Morgan fingerprint density at radius 2 is 1.49 bits per heavy atom. The molecule has 3 heterocycles. The molecule has 1 aromatic heterocycles. The first kappa shape index (κ1) is 32.8. The molecule has 2 N–H and O–H groups in total. The number of aliphatic carboxylic acids is 1. The summed E-state index contributed by atoms with van der Waals surface area (Å²) in [6.07, 6.45) is -6.39. The van der Waals surface area contributed by atoms with Gasteiger partial charge in [-0.1, -0.05) is 60.7 Å². The smallest absolute Gasteiger partial charge is 0.403 e. The predicted molar refractivity (Wildman–Crippen MR) is 168 cm³/mol. The molecular weight excluding hydrogens is 619 g/mol. The van der Waals surface area contributed by atoms with Crippen LogP contribution in [0, 0.1) is 5.41 Å². The van der Waals surface area contributed by atoms with Crippen molar-refractivity contribution in [2.24, 2.45) is 5.41 Å². The van der Waals surface area contributed by atoms with Crippen molar-refractivity contribution < 1.29 is 36.6 Å². The summed E-state index contributed by atoms with van der Waals surface area (Å²) in [5.74, 6) is -2.94. The molecule has 2 fully saturated rings. The van der Waals surface area contributed by atoms with Crippen LogP contribution in [0.2, 0.25) is 0 Å². The number of hydrogen-bond acceptors (Lipinski definition) is 5. The number of carbonyl (C=O) groups excluding carboxylic acids is 1. The highest BCUT2D eigenvalue weighted by atomic mass is 19.4. The lowest BCUT2D eigenvalue weighted by atomic mass is 9.76. The molecule has 0 unspecified atom stereocenters.